The van der Waals surface area contributed by atoms with Gasteiger partial charge in [0.1, 0.15) is 0 Å². The Morgan fingerprint density at radius 3 is 3.00 bits per heavy atom. The fraction of sp³-hybridized carbons (Fsp3) is 0.500. The fourth-order valence-electron chi connectivity index (χ4n) is 2.60. The SMILES string of the molecule is C=C(CNCC)CN1c2ccccc2CCC1C. The standard InChI is InChI=1S/C16H24N2/c1-4-17-11-13(2)12-18-14(3)9-10-15-7-5-6-8-16(15)18/h5-8,14,17H,2,4,9-12H2,1,3H3. The van der Waals surface area contributed by atoms with Crippen LogP contribution < -0.4 is 10.2 Å². The molecule has 1 aromatic rings. The smallest absolute Gasteiger partial charge is 0.0404 e. The van der Waals surface area contributed by atoms with Crippen LogP contribution in [0.2, 0.25) is 0 Å². The van der Waals surface area contributed by atoms with Crippen molar-refractivity contribution < 1.29 is 0 Å². The van der Waals surface area contributed by atoms with Gasteiger partial charge in [-0.15, -0.1) is 0 Å². The zero-order valence-corrected chi connectivity index (χ0v) is 11.6. The second kappa shape index (κ2) is 6.05. The number of fused-ring (bicyclic) bond motifs is 1. The van der Waals surface area contributed by atoms with Crippen LogP contribution in [-0.2, 0) is 6.42 Å². The van der Waals surface area contributed by atoms with Gasteiger partial charge in [0, 0.05) is 24.8 Å². The maximum atomic E-state index is 4.19. The molecule has 1 N–H and O–H groups in total. The molecule has 2 rings (SSSR count). The van der Waals surface area contributed by atoms with Gasteiger partial charge in [0.25, 0.3) is 0 Å². The lowest BCUT2D eigenvalue weighted by molar-refractivity contribution is 0.572. The number of nitrogens with one attached hydrogen (secondary N) is 1. The molecule has 1 aliphatic rings. The Hall–Kier alpha value is -1.28. The van der Waals surface area contributed by atoms with Crippen LogP contribution in [0.25, 0.3) is 0 Å². The normalized spacial score (nSPS) is 18.6. The van der Waals surface area contributed by atoms with Gasteiger partial charge in [-0.2, -0.15) is 0 Å². The van der Waals surface area contributed by atoms with Crippen LogP contribution in [-0.4, -0.2) is 25.7 Å². The van der Waals surface area contributed by atoms with Gasteiger partial charge in [-0.3, -0.25) is 0 Å². The van der Waals surface area contributed by atoms with E-state index in [0.29, 0.717) is 6.04 Å². The second-order valence-corrected chi connectivity index (χ2v) is 5.17. The maximum absolute atomic E-state index is 4.19. The van der Waals surface area contributed by atoms with Crippen molar-refractivity contribution in [3.8, 4) is 0 Å². The average molecular weight is 244 g/mol. The molecule has 0 bridgehead atoms. The minimum Gasteiger partial charge on any atom is -0.365 e. The number of para-hydroxylation sites is 1. The first kappa shape index (κ1) is 13.2. The molecule has 1 heterocycles. The molecule has 1 aromatic carbocycles. The number of rotatable bonds is 5. The summed E-state index contributed by atoms with van der Waals surface area (Å²) in [6.07, 6.45) is 2.44. The quantitative estimate of drug-likeness (QED) is 0.801. The van der Waals surface area contributed by atoms with E-state index in [1.807, 2.05) is 0 Å². The molecule has 0 amide bonds. The Labute approximate surface area is 111 Å². The lowest BCUT2D eigenvalue weighted by Gasteiger charge is -2.37. The number of aryl methyl sites for hydroxylation is 1. The van der Waals surface area contributed by atoms with E-state index in [0.717, 1.165) is 19.6 Å². The Morgan fingerprint density at radius 1 is 1.44 bits per heavy atom. The van der Waals surface area contributed by atoms with E-state index in [4.69, 9.17) is 0 Å². The molecule has 18 heavy (non-hydrogen) atoms. The molecule has 0 aliphatic carbocycles. The summed E-state index contributed by atoms with van der Waals surface area (Å²) in [6.45, 7) is 11.5. The van der Waals surface area contributed by atoms with Gasteiger partial charge in [-0.25, -0.2) is 0 Å². The first-order chi connectivity index (χ1) is 8.72. The topological polar surface area (TPSA) is 15.3 Å². The minimum atomic E-state index is 0.610. The van der Waals surface area contributed by atoms with E-state index >= 15 is 0 Å². The van der Waals surface area contributed by atoms with Crippen molar-refractivity contribution in [1.29, 1.82) is 0 Å². The summed E-state index contributed by atoms with van der Waals surface area (Å²) >= 11 is 0. The number of benzene rings is 1. The lowest BCUT2D eigenvalue weighted by Crippen LogP contribution is -2.39. The Balaban J connectivity index is 2.09. The van der Waals surface area contributed by atoms with E-state index in [1.54, 1.807) is 0 Å². The van der Waals surface area contributed by atoms with Gasteiger partial charge in [-0.1, -0.05) is 31.7 Å². The summed E-state index contributed by atoms with van der Waals surface area (Å²) in [6, 6.07) is 9.38. The summed E-state index contributed by atoms with van der Waals surface area (Å²) in [5.41, 5.74) is 4.14. The van der Waals surface area contributed by atoms with Gasteiger partial charge >= 0.3 is 0 Å². The number of likely N-dealkylation sites (N-methyl/N-ethyl adjacent to an activating group) is 1. The predicted molar refractivity (Wildman–Crippen MR) is 79.3 cm³/mol. The highest BCUT2D eigenvalue weighted by Gasteiger charge is 2.22. The summed E-state index contributed by atoms with van der Waals surface area (Å²) < 4.78 is 0. The van der Waals surface area contributed by atoms with E-state index in [9.17, 15) is 0 Å². The molecule has 0 radical (unpaired) electrons. The van der Waals surface area contributed by atoms with E-state index in [1.165, 1.54) is 29.7 Å². The molecule has 1 unspecified atom stereocenters. The molecule has 2 nitrogen and oxygen atoms in total. The molecule has 0 spiro atoms. The maximum Gasteiger partial charge on any atom is 0.0404 e. The highest BCUT2D eigenvalue weighted by Crippen LogP contribution is 2.30. The number of nitrogens with zero attached hydrogens (tertiary/aromatic N) is 1. The van der Waals surface area contributed by atoms with Crippen molar-refractivity contribution in [2.45, 2.75) is 32.7 Å². The number of hydrogen-bond donors (Lipinski definition) is 1. The largest absolute Gasteiger partial charge is 0.365 e. The molecule has 2 heteroatoms. The number of hydrogen-bond acceptors (Lipinski definition) is 2. The van der Waals surface area contributed by atoms with Gasteiger partial charge < -0.3 is 10.2 Å². The van der Waals surface area contributed by atoms with Crippen LogP contribution >= 0.6 is 0 Å². The molecule has 0 aromatic heterocycles. The summed E-state index contributed by atoms with van der Waals surface area (Å²) in [4.78, 5) is 2.50. The molecule has 0 fully saturated rings. The van der Waals surface area contributed by atoms with Crippen LogP contribution in [0.5, 0.6) is 0 Å². The summed E-state index contributed by atoms with van der Waals surface area (Å²) in [5.74, 6) is 0. The van der Waals surface area contributed by atoms with Crippen molar-refractivity contribution in [2.24, 2.45) is 0 Å². The third-order valence-electron chi connectivity index (χ3n) is 3.68. The van der Waals surface area contributed by atoms with Crippen LogP contribution in [0, 0.1) is 0 Å². The summed E-state index contributed by atoms with van der Waals surface area (Å²) in [5, 5.41) is 3.35. The Kier molecular flexibility index (Phi) is 4.43. The van der Waals surface area contributed by atoms with Crippen molar-refractivity contribution in [1.82, 2.24) is 5.32 Å². The first-order valence-corrected chi connectivity index (χ1v) is 6.94. The first-order valence-electron chi connectivity index (χ1n) is 6.94. The summed E-state index contributed by atoms with van der Waals surface area (Å²) in [7, 11) is 0. The predicted octanol–water partition coefficient (Wildman–Crippen LogP) is 2.99. The van der Waals surface area contributed by atoms with Crippen molar-refractivity contribution in [3.63, 3.8) is 0 Å². The zero-order valence-electron chi connectivity index (χ0n) is 11.6. The zero-order chi connectivity index (χ0) is 13.0. The van der Waals surface area contributed by atoms with E-state index < -0.39 is 0 Å². The number of anilines is 1. The van der Waals surface area contributed by atoms with Crippen LogP contribution in [0.3, 0.4) is 0 Å². The molecule has 98 valence electrons. The molecular formula is C16H24N2. The second-order valence-electron chi connectivity index (χ2n) is 5.17. The Bertz CT molecular complexity index is 411. The lowest BCUT2D eigenvalue weighted by atomic mass is 9.96. The van der Waals surface area contributed by atoms with Gasteiger partial charge in [-0.05, 0) is 43.5 Å². The van der Waals surface area contributed by atoms with Gasteiger partial charge in [0.05, 0.1) is 0 Å². The highest BCUT2D eigenvalue weighted by atomic mass is 15.2. The van der Waals surface area contributed by atoms with Gasteiger partial charge in [0.2, 0.25) is 0 Å². The van der Waals surface area contributed by atoms with E-state index in [2.05, 4.69) is 54.9 Å². The average Bonchev–Trinajstić information content (AvgIpc) is 2.40. The van der Waals surface area contributed by atoms with Crippen LogP contribution in [0.1, 0.15) is 25.8 Å². The van der Waals surface area contributed by atoms with Crippen LogP contribution in [0.15, 0.2) is 36.4 Å². The molecule has 0 saturated carbocycles. The third-order valence-corrected chi connectivity index (χ3v) is 3.68. The highest BCUT2D eigenvalue weighted by molar-refractivity contribution is 5.57. The molecular weight excluding hydrogens is 220 g/mol. The van der Waals surface area contributed by atoms with Crippen molar-refractivity contribution in [2.75, 3.05) is 24.5 Å². The van der Waals surface area contributed by atoms with Crippen LogP contribution in [0.4, 0.5) is 5.69 Å². The van der Waals surface area contributed by atoms with Crippen molar-refractivity contribution in [3.05, 3.63) is 42.0 Å². The van der Waals surface area contributed by atoms with Crippen molar-refractivity contribution >= 4 is 5.69 Å². The minimum absolute atomic E-state index is 0.610. The third kappa shape index (κ3) is 2.94. The molecule has 0 saturated heterocycles. The fourth-order valence-corrected chi connectivity index (χ4v) is 2.60. The monoisotopic (exact) mass is 244 g/mol. The molecule has 1 aliphatic heterocycles. The Morgan fingerprint density at radius 2 is 2.22 bits per heavy atom. The van der Waals surface area contributed by atoms with Gasteiger partial charge in [0.15, 0.2) is 0 Å². The van der Waals surface area contributed by atoms with E-state index in [-0.39, 0.29) is 0 Å². The molecule has 1 atom stereocenters.